The lowest BCUT2D eigenvalue weighted by Gasteiger charge is -2.42. The first-order valence-electron chi connectivity index (χ1n) is 14.0. The van der Waals surface area contributed by atoms with E-state index in [1.54, 1.807) is 0 Å². The molecule has 0 aliphatic heterocycles. The summed E-state index contributed by atoms with van der Waals surface area (Å²) >= 11 is 0. The monoisotopic (exact) mass is 467 g/mol. The van der Waals surface area contributed by atoms with Crippen LogP contribution in [0.2, 0.25) is 0 Å². The van der Waals surface area contributed by atoms with Gasteiger partial charge in [-0.05, 0) is 77.7 Å². The Balaban J connectivity index is 1.64. The van der Waals surface area contributed by atoms with Crippen molar-refractivity contribution < 1.29 is 10.4 Å². The van der Waals surface area contributed by atoms with Crippen LogP contribution < -0.4 is 4.57 Å². The Kier molecular flexibility index (Phi) is 4.92. The summed E-state index contributed by atoms with van der Waals surface area (Å²) in [5.41, 5.74) is 9.84. The predicted molar refractivity (Wildman–Crippen MR) is 146 cm³/mol. The molecule has 1 saturated carbocycles. The number of aryl methyl sites for hydroxylation is 2. The largest absolute Gasteiger partial charge is 0.455 e. The van der Waals surface area contributed by atoms with Crippen molar-refractivity contribution in [3.8, 4) is 11.3 Å². The summed E-state index contributed by atoms with van der Waals surface area (Å²) in [5, 5.41) is 2.52. The number of benzene rings is 2. The maximum Gasteiger partial charge on any atom is 0.216 e. The van der Waals surface area contributed by atoms with Gasteiger partial charge in [-0.1, -0.05) is 65.2 Å². The lowest BCUT2D eigenvalue weighted by atomic mass is 9.62. The molecule has 4 aromatic rings. The lowest BCUT2D eigenvalue weighted by molar-refractivity contribution is -0.660. The highest BCUT2D eigenvalue weighted by atomic mass is 16.3. The molecule has 1 fully saturated rings. The molecule has 6 rings (SSSR count). The van der Waals surface area contributed by atoms with Gasteiger partial charge in [-0.25, -0.2) is 4.57 Å². The summed E-state index contributed by atoms with van der Waals surface area (Å²) in [6, 6.07) is 13.5. The van der Waals surface area contributed by atoms with Crippen LogP contribution >= 0.6 is 0 Å². The standard InChI is InChI=1S/C33H40NO/c1-21-12-13-24-29-27(15-14-25-30(29)33(4,5)18-17-32(25,2)3)35-31(24)28(21)26-20-23(16-19-34(26)6)22-10-8-7-9-11-22/h12-16,19-20,22H,7-11,17-18H2,1-6H3/q+1/i22D. The SMILES string of the molecule is [2H]C1(c2cc[n+](C)c(-c3c(C)ccc4c3oc3ccc5c(c34)C(C)(C)CCC5(C)C)c2)CCCCC1. The first-order valence-corrected chi connectivity index (χ1v) is 13.5. The third-order valence-corrected chi connectivity index (χ3v) is 9.07. The molecule has 0 radical (unpaired) electrons. The van der Waals surface area contributed by atoms with E-state index in [4.69, 9.17) is 4.42 Å². The first kappa shape index (κ1) is 21.7. The molecule has 2 aromatic carbocycles. The highest BCUT2D eigenvalue weighted by Gasteiger charge is 2.39. The normalized spacial score (nSPS) is 21.1. The summed E-state index contributed by atoms with van der Waals surface area (Å²) in [7, 11) is 2.12. The second kappa shape index (κ2) is 7.95. The number of fused-ring (bicyclic) bond motifs is 5. The highest BCUT2D eigenvalue weighted by molar-refractivity contribution is 6.12. The van der Waals surface area contributed by atoms with Gasteiger partial charge in [-0.15, -0.1) is 0 Å². The zero-order valence-electron chi connectivity index (χ0n) is 23.3. The zero-order chi connectivity index (χ0) is 25.5. The summed E-state index contributed by atoms with van der Waals surface area (Å²) in [6.07, 6.45) is 9.98. The average molecular weight is 468 g/mol. The third-order valence-electron chi connectivity index (χ3n) is 9.07. The van der Waals surface area contributed by atoms with Crippen LogP contribution in [0.5, 0.6) is 0 Å². The molecular formula is C33H40NO+. The quantitative estimate of drug-likeness (QED) is 0.269. The first-order chi connectivity index (χ1) is 17.0. The van der Waals surface area contributed by atoms with E-state index in [0.717, 1.165) is 53.7 Å². The molecule has 2 aliphatic carbocycles. The maximum atomic E-state index is 9.25. The molecule has 0 saturated heterocycles. The van der Waals surface area contributed by atoms with E-state index in [-0.39, 0.29) is 10.8 Å². The Labute approximate surface area is 211 Å². The fourth-order valence-corrected chi connectivity index (χ4v) is 6.81. The van der Waals surface area contributed by atoms with Crippen LogP contribution in [0.15, 0.2) is 47.0 Å². The molecule has 0 N–H and O–H groups in total. The van der Waals surface area contributed by atoms with Crippen LogP contribution in [0.4, 0.5) is 0 Å². The average Bonchev–Trinajstić information content (AvgIpc) is 3.21. The molecule has 0 bridgehead atoms. The second-order valence-corrected chi connectivity index (χ2v) is 12.4. The van der Waals surface area contributed by atoms with E-state index in [1.807, 2.05) is 0 Å². The molecule has 0 atom stereocenters. The van der Waals surface area contributed by atoms with Crippen LogP contribution in [0, 0.1) is 6.92 Å². The molecule has 182 valence electrons. The predicted octanol–water partition coefficient (Wildman–Crippen LogP) is 8.78. The van der Waals surface area contributed by atoms with Gasteiger partial charge in [0.05, 0.1) is 5.56 Å². The molecule has 2 heterocycles. The van der Waals surface area contributed by atoms with E-state index in [9.17, 15) is 1.37 Å². The van der Waals surface area contributed by atoms with E-state index in [0.29, 0.717) is 0 Å². The van der Waals surface area contributed by atoms with Crippen molar-refractivity contribution in [2.75, 3.05) is 0 Å². The van der Waals surface area contributed by atoms with Gasteiger partial charge in [0.1, 0.15) is 18.2 Å². The molecule has 2 nitrogen and oxygen atoms in total. The number of furan rings is 1. The second-order valence-electron chi connectivity index (χ2n) is 12.4. The topological polar surface area (TPSA) is 17.0 Å². The molecule has 35 heavy (non-hydrogen) atoms. The minimum Gasteiger partial charge on any atom is -0.455 e. The number of rotatable bonds is 2. The van der Waals surface area contributed by atoms with Gasteiger partial charge in [0, 0.05) is 24.3 Å². The molecule has 2 aromatic heterocycles. The molecular weight excluding hydrogens is 426 g/mol. The van der Waals surface area contributed by atoms with Gasteiger partial charge < -0.3 is 4.42 Å². The minimum absolute atomic E-state index is 0.107. The number of pyridine rings is 1. The van der Waals surface area contributed by atoms with Crippen molar-refractivity contribution >= 4 is 21.9 Å². The Morgan fingerprint density at radius 3 is 2.46 bits per heavy atom. The van der Waals surface area contributed by atoms with Gasteiger partial charge >= 0.3 is 0 Å². The van der Waals surface area contributed by atoms with Crippen molar-refractivity contribution in [2.24, 2.45) is 7.05 Å². The summed E-state index contributed by atoms with van der Waals surface area (Å²) in [4.78, 5) is 0. The van der Waals surface area contributed by atoms with Crippen molar-refractivity contribution in [1.29, 1.82) is 0 Å². The van der Waals surface area contributed by atoms with Crippen LogP contribution in [-0.2, 0) is 17.9 Å². The van der Waals surface area contributed by atoms with Crippen LogP contribution in [0.1, 0.15) is 102 Å². The number of aromatic nitrogens is 1. The van der Waals surface area contributed by atoms with Crippen molar-refractivity contribution in [2.45, 2.75) is 96.3 Å². The van der Waals surface area contributed by atoms with Crippen molar-refractivity contribution in [1.82, 2.24) is 0 Å². The Morgan fingerprint density at radius 2 is 1.69 bits per heavy atom. The minimum atomic E-state index is -0.481. The zero-order valence-corrected chi connectivity index (χ0v) is 22.3. The van der Waals surface area contributed by atoms with Gasteiger partial charge in [-0.3, -0.25) is 0 Å². The number of hydrogen-bond donors (Lipinski definition) is 0. The fourth-order valence-electron chi connectivity index (χ4n) is 6.81. The van der Waals surface area contributed by atoms with Gasteiger partial charge in [0.15, 0.2) is 6.20 Å². The Morgan fingerprint density at radius 1 is 0.943 bits per heavy atom. The van der Waals surface area contributed by atoms with E-state index < -0.39 is 5.89 Å². The van der Waals surface area contributed by atoms with Gasteiger partial charge in [0.2, 0.25) is 5.69 Å². The van der Waals surface area contributed by atoms with E-state index in [1.165, 1.54) is 46.7 Å². The van der Waals surface area contributed by atoms with E-state index in [2.05, 4.69) is 88.8 Å². The summed E-state index contributed by atoms with van der Waals surface area (Å²) in [5.74, 6) is -0.481. The third kappa shape index (κ3) is 3.55. The van der Waals surface area contributed by atoms with Crippen LogP contribution in [-0.4, -0.2) is 0 Å². The molecule has 0 unspecified atom stereocenters. The summed E-state index contributed by atoms with van der Waals surface area (Å²) < 4.78 is 18.2. The molecule has 2 aliphatic rings. The highest BCUT2D eigenvalue weighted by Crippen LogP contribution is 2.51. The smallest absolute Gasteiger partial charge is 0.216 e. The van der Waals surface area contributed by atoms with Gasteiger partial charge in [0.25, 0.3) is 0 Å². The van der Waals surface area contributed by atoms with Crippen LogP contribution in [0.25, 0.3) is 33.2 Å². The summed E-state index contributed by atoms with van der Waals surface area (Å²) in [6.45, 7) is 11.8. The molecule has 0 spiro atoms. The van der Waals surface area contributed by atoms with Crippen molar-refractivity contribution in [3.05, 3.63) is 64.8 Å². The van der Waals surface area contributed by atoms with E-state index >= 15 is 0 Å². The number of hydrogen-bond acceptors (Lipinski definition) is 1. The van der Waals surface area contributed by atoms with Crippen LogP contribution in [0.3, 0.4) is 0 Å². The number of nitrogens with zero attached hydrogens (tertiary/aromatic N) is 1. The Hall–Kier alpha value is -2.61. The van der Waals surface area contributed by atoms with Crippen molar-refractivity contribution in [3.63, 3.8) is 0 Å². The molecule has 0 amide bonds. The lowest BCUT2D eigenvalue weighted by Crippen LogP contribution is -2.33. The maximum absolute atomic E-state index is 9.25. The van der Waals surface area contributed by atoms with Gasteiger partial charge in [-0.2, -0.15) is 0 Å². The Bertz CT molecular complexity index is 1500. The fraction of sp³-hybridized carbons (Fsp3) is 0.485. The molecule has 2 heteroatoms.